The first-order valence-corrected chi connectivity index (χ1v) is 8.34. The lowest BCUT2D eigenvalue weighted by Gasteiger charge is -2.39. The highest BCUT2D eigenvalue weighted by molar-refractivity contribution is 5.84. The lowest BCUT2D eigenvalue weighted by molar-refractivity contribution is -0.191. The van der Waals surface area contributed by atoms with Gasteiger partial charge in [-0.1, -0.05) is 4.48 Å². The number of alkyl halides is 4. The summed E-state index contributed by atoms with van der Waals surface area (Å²) < 4.78 is 76.9. The van der Waals surface area contributed by atoms with Gasteiger partial charge in [0, 0.05) is 26.2 Å². The molecule has 1 aliphatic heterocycles. The Kier molecular flexibility index (Phi) is 5.64. The molecule has 12 heteroatoms. The third kappa shape index (κ3) is 4.90. The zero-order valence-corrected chi connectivity index (χ0v) is 15.8. The van der Waals surface area contributed by atoms with Crippen molar-refractivity contribution in [1.82, 2.24) is 19.8 Å². The molecular formula is C16H21F5N4O3. The standard InChI is InChI=1S/C16H21F5N4O3/c1-14(2,3)28-13(27)24-8-11(5-15(17,18)9-24)25(21)12(26)16(19,20)10-6-22-23(4)7-10/h6-7,11H,5,8-9H2,1-4H3. The first-order chi connectivity index (χ1) is 12.6. The molecule has 2 amide bonds. The number of aryl methyl sites for hydroxylation is 1. The van der Waals surface area contributed by atoms with Crippen LogP contribution in [-0.2, 0) is 22.5 Å². The van der Waals surface area contributed by atoms with Crippen molar-refractivity contribution in [1.29, 1.82) is 0 Å². The molecule has 1 aromatic heterocycles. The molecular weight excluding hydrogens is 391 g/mol. The van der Waals surface area contributed by atoms with Gasteiger partial charge in [-0.15, -0.1) is 0 Å². The number of ether oxygens (including phenoxy) is 1. The van der Waals surface area contributed by atoms with Crippen LogP contribution in [0.3, 0.4) is 0 Å². The average molecular weight is 412 g/mol. The van der Waals surface area contributed by atoms with Crippen molar-refractivity contribution in [3.05, 3.63) is 18.0 Å². The van der Waals surface area contributed by atoms with Crippen LogP contribution in [0.15, 0.2) is 12.4 Å². The predicted molar refractivity (Wildman–Crippen MR) is 86.2 cm³/mol. The van der Waals surface area contributed by atoms with Gasteiger partial charge in [-0.3, -0.25) is 14.4 Å². The van der Waals surface area contributed by atoms with Crippen LogP contribution in [-0.4, -0.2) is 62.5 Å². The van der Waals surface area contributed by atoms with Crippen LogP contribution in [0.1, 0.15) is 32.8 Å². The first-order valence-electron chi connectivity index (χ1n) is 8.34. The number of amides is 2. The maximum Gasteiger partial charge on any atom is 0.410 e. The third-order valence-corrected chi connectivity index (χ3v) is 3.89. The molecule has 0 aromatic carbocycles. The number of carbonyl (C=O) groups excluding carboxylic acids is 2. The second kappa shape index (κ2) is 7.21. The van der Waals surface area contributed by atoms with Crippen LogP contribution >= 0.6 is 0 Å². The molecule has 1 fully saturated rings. The second-order valence-corrected chi connectivity index (χ2v) is 7.67. The van der Waals surface area contributed by atoms with Crippen molar-refractivity contribution in [3.63, 3.8) is 0 Å². The van der Waals surface area contributed by atoms with E-state index in [1.165, 1.54) is 27.8 Å². The van der Waals surface area contributed by atoms with Crippen LogP contribution in [0.5, 0.6) is 0 Å². The molecule has 1 unspecified atom stereocenters. The van der Waals surface area contributed by atoms with Gasteiger partial charge in [0.2, 0.25) is 0 Å². The SMILES string of the molecule is Cn1cc(C(F)(F)C(=O)N(F)C2CN(C(=O)OC(C)(C)C)CC(F)(F)C2)cn1. The molecule has 0 saturated carbocycles. The largest absolute Gasteiger partial charge is 0.444 e. The van der Waals surface area contributed by atoms with E-state index in [1.807, 2.05) is 0 Å². The Morgan fingerprint density at radius 2 is 1.93 bits per heavy atom. The van der Waals surface area contributed by atoms with Crippen molar-refractivity contribution in [2.45, 2.75) is 50.7 Å². The van der Waals surface area contributed by atoms with Crippen molar-refractivity contribution in [2.24, 2.45) is 7.05 Å². The summed E-state index contributed by atoms with van der Waals surface area (Å²) in [4.78, 5) is 24.5. The van der Waals surface area contributed by atoms with E-state index in [0.29, 0.717) is 11.1 Å². The molecule has 158 valence electrons. The van der Waals surface area contributed by atoms with Crippen molar-refractivity contribution in [3.8, 4) is 0 Å². The van der Waals surface area contributed by atoms with Crippen LogP contribution in [0.25, 0.3) is 0 Å². The molecule has 2 heterocycles. The first kappa shape index (κ1) is 21.9. The zero-order chi connectivity index (χ0) is 21.5. The molecule has 0 bridgehead atoms. The van der Waals surface area contributed by atoms with Crippen LogP contribution < -0.4 is 0 Å². The average Bonchev–Trinajstić information content (AvgIpc) is 2.97. The van der Waals surface area contributed by atoms with E-state index in [0.717, 1.165) is 10.9 Å². The van der Waals surface area contributed by atoms with E-state index in [-0.39, 0.29) is 0 Å². The van der Waals surface area contributed by atoms with Gasteiger partial charge in [-0.25, -0.2) is 13.6 Å². The zero-order valence-electron chi connectivity index (χ0n) is 15.8. The minimum absolute atomic E-state index is 0.501. The monoisotopic (exact) mass is 412 g/mol. The van der Waals surface area contributed by atoms with Crippen molar-refractivity contribution in [2.75, 3.05) is 13.1 Å². The van der Waals surface area contributed by atoms with Crippen LogP contribution in [0.2, 0.25) is 0 Å². The van der Waals surface area contributed by atoms with Crippen LogP contribution in [0, 0.1) is 0 Å². The van der Waals surface area contributed by atoms with Gasteiger partial charge in [0.05, 0.1) is 24.3 Å². The number of hydrogen-bond donors (Lipinski definition) is 0. The van der Waals surface area contributed by atoms with Gasteiger partial charge >= 0.3 is 17.9 Å². The molecule has 28 heavy (non-hydrogen) atoms. The molecule has 1 aliphatic rings. The fraction of sp³-hybridized carbons (Fsp3) is 0.688. The molecule has 0 radical (unpaired) electrons. The Hall–Kier alpha value is -2.40. The van der Waals surface area contributed by atoms with E-state index < -0.39 is 65.7 Å². The summed E-state index contributed by atoms with van der Waals surface area (Å²) in [6, 6.07) is -1.97. The Bertz CT molecular complexity index is 747. The summed E-state index contributed by atoms with van der Waals surface area (Å²) in [5.41, 5.74) is -1.88. The summed E-state index contributed by atoms with van der Waals surface area (Å²) in [6.07, 6.45) is -0.878. The van der Waals surface area contributed by atoms with E-state index >= 15 is 0 Å². The molecule has 1 saturated heterocycles. The Morgan fingerprint density at radius 1 is 1.32 bits per heavy atom. The van der Waals surface area contributed by atoms with Gasteiger partial charge in [-0.05, 0) is 20.8 Å². The molecule has 1 aromatic rings. The Morgan fingerprint density at radius 3 is 2.43 bits per heavy atom. The summed E-state index contributed by atoms with van der Waals surface area (Å²) in [7, 11) is 1.32. The van der Waals surface area contributed by atoms with Crippen LogP contribution in [0.4, 0.5) is 26.8 Å². The molecule has 0 N–H and O–H groups in total. The molecule has 2 rings (SSSR count). The maximum atomic E-state index is 14.5. The van der Waals surface area contributed by atoms with Crippen molar-refractivity contribution < 1.29 is 36.4 Å². The van der Waals surface area contributed by atoms with Gasteiger partial charge in [0.25, 0.3) is 5.92 Å². The topological polar surface area (TPSA) is 67.7 Å². The minimum atomic E-state index is -4.31. The number of piperidine rings is 1. The van der Waals surface area contributed by atoms with E-state index in [9.17, 15) is 31.6 Å². The number of halogens is 5. The minimum Gasteiger partial charge on any atom is -0.444 e. The molecule has 0 aliphatic carbocycles. The van der Waals surface area contributed by atoms with E-state index in [2.05, 4.69) is 5.10 Å². The highest BCUT2D eigenvalue weighted by Gasteiger charge is 2.52. The number of rotatable bonds is 3. The summed E-state index contributed by atoms with van der Waals surface area (Å²) >= 11 is 0. The van der Waals surface area contributed by atoms with Crippen molar-refractivity contribution >= 4 is 12.0 Å². The van der Waals surface area contributed by atoms with Gasteiger partial charge in [0.15, 0.2) is 0 Å². The van der Waals surface area contributed by atoms with Gasteiger partial charge in [-0.2, -0.15) is 19.0 Å². The second-order valence-electron chi connectivity index (χ2n) is 7.67. The number of likely N-dealkylation sites (tertiary alicyclic amines) is 1. The number of aromatic nitrogens is 2. The Labute approximate surface area is 157 Å². The van der Waals surface area contributed by atoms with Gasteiger partial charge < -0.3 is 4.74 Å². The predicted octanol–water partition coefficient (Wildman–Crippen LogP) is 2.87. The smallest absolute Gasteiger partial charge is 0.410 e. The summed E-state index contributed by atoms with van der Waals surface area (Å²) in [6.45, 7) is 2.73. The highest BCUT2D eigenvalue weighted by atomic mass is 19.3. The normalized spacial score (nSPS) is 20.0. The quantitative estimate of drug-likeness (QED) is 0.566. The summed E-state index contributed by atoms with van der Waals surface area (Å²) in [5, 5.41) is 2.55. The number of nitrogens with zero attached hydrogens (tertiary/aromatic N) is 4. The van der Waals surface area contributed by atoms with Gasteiger partial charge in [0.1, 0.15) is 5.60 Å². The number of hydrogen-bond acceptors (Lipinski definition) is 4. The maximum absolute atomic E-state index is 14.5. The molecule has 0 spiro atoms. The Balaban J connectivity index is 2.20. The van der Waals surface area contributed by atoms with E-state index in [4.69, 9.17) is 4.74 Å². The lowest BCUT2D eigenvalue weighted by Crippen LogP contribution is -2.58. The fourth-order valence-corrected chi connectivity index (χ4v) is 2.70. The summed E-state index contributed by atoms with van der Waals surface area (Å²) in [5.74, 6) is -10.2. The van der Waals surface area contributed by atoms with E-state index in [1.54, 1.807) is 0 Å². The highest BCUT2D eigenvalue weighted by Crippen LogP contribution is 2.35. The molecule has 1 atom stereocenters. The fourth-order valence-electron chi connectivity index (χ4n) is 2.70. The lowest BCUT2D eigenvalue weighted by atomic mass is 10.0. The number of carbonyl (C=O) groups is 2. The third-order valence-electron chi connectivity index (χ3n) is 3.89. The molecule has 7 nitrogen and oxygen atoms in total.